The lowest BCUT2D eigenvalue weighted by atomic mass is 10.0. The molecule has 0 saturated carbocycles. The first-order valence-electron chi connectivity index (χ1n) is 7.39. The van der Waals surface area contributed by atoms with E-state index in [0.29, 0.717) is 24.0 Å². The third-order valence-corrected chi connectivity index (χ3v) is 3.90. The standard InChI is InChI=1S/C16H20N4O2/c1-8(2)7-20-12-6-10(4)9(3)5-11(12)17-13-14(20)18-16(22)19-15(13)21/h5-6,8,17H,7H2,1-4H3,(H2,18,19,21,22). The molecule has 0 fully saturated rings. The van der Waals surface area contributed by atoms with E-state index in [0.717, 1.165) is 16.9 Å². The van der Waals surface area contributed by atoms with Crippen LogP contribution in [0.5, 0.6) is 0 Å². The van der Waals surface area contributed by atoms with Gasteiger partial charge in [0, 0.05) is 6.54 Å². The first kappa shape index (κ1) is 14.4. The highest BCUT2D eigenvalue weighted by Gasteiger charge is 2.26. The van der Waals surface area contributed by atoms with Crippen molar-refractivity contribution in [3.8, 4) is 0 Å². The third-order valence-electron chi connectivity index (χ3n) is 3.90. The van der Waals surface area contributed by atoms with Gasteiger partial charge in [-0.3, -0.25) is 14.8 Å². The molecule has 0 atom stereocenters. The molecule has 6 nitrogen and oxygen atoms in total. The van der Waals surface area contributed by atoms with Crippen LogP contribution in [0, 0.1) is 19.8 Å². The average Bonchev–Trinajstić information content (AvgIpc) is 2.41. The van der Waals surface area contributed by atoms with Crippen LogP contribution >= 0.6 is 0 Å². The summed E-state index contributed by atoms with van der Waals surface area (Å²) in [5.74, 6) is 0.904. The minimum Gasteiger partial charge on any atom is -0.346 e. The Kier molecular flexibility index (Phi) is 3.31. The molecule has 1 aromatic carbocycles. The van der Waals surface area contributed by atoms with Gasteiger partial charge in [0.2, 0.25) is 0 Å². The molecule has 1 aromatic heterocycles. The summed E-state index contributed by atoms with van der Waals surface area (Å²) >= 11 is 0. The van der Waals surface area contributed by atoms with Crippen LogP contribution in [0.2, 0.25) is 0 Å². The predicted molar refractivity (Wildman–Crippen MR) is 88.7 cm³/mol. The molecule has 3 N–H and O–H groups in total. The molecule has 116 valence electrons. The van der Waals surface area contributed by atoms with Crippen molar-refractivity contribution in [3.63, 3.8) is 0 Å². The fourth-order valence-electron chi connectivity index (χ4n) is 2.73. The monoisotopic (exact) mass is 300 g/mol. The summed E-state index contributed by atoms with van der Waals surface area (Å²) in [6.07, 6.45) is 0. The summed E-state index contributed by atoms with van der Waals surface area (Å²) in [5, 5.41) is 3.15. The number of fused-ring (bicyclic) bond motifs is 2. The maximum atomic E-state index is 12.1. The lowest BCUT2D eigenvalue weighted by molar-refractivity contribution is 0.646. The molecule has 6 heteroatoms. The molecule has 0 unspecified atom stereocenters. The van der Waals surface area contributed by atoms with Gasteiger partial charge >= 0.3 is 5.69 Å². The molecule has 1 aliphatic heterocycles. The van der Waals surface area contributed by atoms with Crippen molar-refractivity contribution in [2.24, 2.45) is 5.92 Å². The van der Waals surface area contributed by atoms with Crippen molar-refractivity contribution < 1.29 is 0 Å². The Bertz CT molecular complexity index is 848. The quantitative estimate of drug-likeness (QED) is 0.796. The van der Waals surface area contributed by atoms with E-state index in [9.17, 15) is 9.59 Å². The predicted octanol–water partition coefficient (Wildman–Crippen LogP) is 2.53. The van der Waals surface area contributed by atoms with Crippen LogP contribution < -0.4 is 21.5 Å². The minimum absolute atomic E-state index is 0.378. The number of aryl methyl sites for hydroxylation is 2. The van der Waals surface area contributed by atoms with E-state index in [4.69, 9.17) is 0 Å². The van der Waals surface area contributed by atoms with Gasteiger partial charge in [0.05, 0.1) is 11.4 Å². The third kappa shape index (κ3) is 2.30. The van der Waals surface area contributed by atoms with E-state index in [2.05, 4.69) is 42.1 Å². The summed E-state index contributed by atoms with van der Waals surface area (Å²) in [6, 6.07) is 4.12. The van der Waals surface area contributed by atoms with E-state index in [-0.39, 0.29) is 0 Å². The molecule has 2 aromatic rings. The van der Waals surface area contributed by atoms with Gasteiger partial charge in [-0.2, -0.15) is 0 Å². The average molecular weight is 300 g/mol. The number of nitrogens with zero attached hydrogens (tertiary/aromatic N) is 1. The number of aromatic amines is 2. The highest BCUT2D eigenvalue weighted by atomic mass is 16.2. The van der Waals surface area contributed by atoms with Crippen LogP contribution in [-0.4, -0.2) is 16.5 Å². The van der Waals surface area contributed by atoms with E-state index >= 15 is 0 Å². The minimum atomic E-state index is -0.494. The van der Waals surface area contributed by atoms with Crippen molar-refractivity contribution in [3.05, 3.63) is 44.1 Å². The number of rotatable bonds is 2. The van der Waals surface area contributed by atoms with Gasteiger partial charge < -0.3 is 10.2 Å². The smallest absolute Gasteiger partial charge is 0.327 e. The van der Waals surface area contributed by atoms with Gasteiger partial charge in [0.1, 0.15) is 11.5 Å². The molecule has 0 bridgehead atoms. The van der Waals surface area contributed by atoms with E-state index in [1.165, 1.54) is 5.56 Å². The number of aromatic nitrogens is 2. The molecule has 0 spiro atoms. The second-order valence-corrected chi connectivity index (χ2v) is 6.21. The fourth-order valence-corrected chi connectivity index (χ4v) is 2.73. The topological polar surface area (TPSA) is 81.0 Å². The molecule has 0 aliphatic carbocycles. The fraction of sp³-hybridized carbons (Fsp3) is 0.375. The van der Waals surface area contributed by atoms with Gasteiger partial charge in [-0.05, 0) is 43.0 Å². The Morgan fingerprint density at radius 1 is 1.09 bits per heavy atom. The van der Waals surface area contributed by atoms with Crippen LogP contribution in [0.25, 0.3) is 0 Å². The number of hydrogen-bond acceptors (Lipinski definition) is 4. The molecular formula is C16H20N4O2. The zero-order valence-corrected chi connectivity index (χ0v) is 13.2. The van der Waals surface area contributed by atoms with Crippen molar-refractivity contribution in [1.29, 1.82) is 0 Å². The van der Waals surface area contributed by atoms with Crippen LogP contribution in [-0.2, 0) is 0 Å². The number of anilines is 4. The van der Waals surface area contributed by atoms with Gasteiger partial charge in [-0.25, -0.2) is 4.79 Å². The molecule has 2 heterocycles. The first-order valence-corrected chi connectivity index (χ1v) is 7.39. The summed E-state index contributed by atoms with van der Waals surface area (Å²) in [4.78, 5) is 30.8. The Labute approximate surface area is 128 Å². The van der Waals surface area contributed by atoms with Crippen molar-refractivity contribution in [2.45, 2.75) is 27.7 Å². The van der Waals surface area contributed by atoms with E-state index < -0.39 is 11.2 Å². The molecule has 0 amide bonds. The highest BCUT2D eigenvalue weighted by Crippen LogP contribution is 2.41. The van der Waals surface area contributed by atoms with Crippen LogP contribution in [0.15, 0.2) is 21.7 Å². The SMILES string of the molecule is Cc1cc2c(cc1C)N(CC(C)C)c1[nH]c(=O)[nH]c(=O)c1N2. The Morgan fingerprint density at radius 3 is 2.45 bits per heavy atom. The zero-order chi connectivity index (χ0) is 16.0. The Balaban J connectivity index is 2.26. The molecule has 22 heavy (non-hydrogen) atoms. The molecule has 3 rings (SSSR count). The van der Waals surface area contributed by atoms with Crippen LogP contribution in [0.3, 0.4) is 0 Å². The molecule has 0 radical (unpaired) electrons. The number of hydrogen-bond donors (Lipinski definition) is 3. The van der Waals surface area contributed by atoms with Gasteiger partial charge in [0.15, 0.2) is 0 Å². The van der Waals surface area contributed by atoms with E-state index in [1.807, 2.05) is 17.9 Å². The van der Waals surface area contributed by atoms with Gasteiger partial charge in [-0.15, -0.1) is 0 Å². The number of benzene rings is 1. The van der Waals surface area contributed by atoms with Gasteiger partial charge in [0.25, 0.3) is 5.56 Å². The second-order valence-electron chi connectivity index (χ2n) is 6.21. The maximum absolute atomic E-state index is 12.1. The number of H-pyrrole nitrogens is 2. The molecule has 0 saturated heterocycles. The molecule has 1 aliphatic rings. The summed E-state index contributed by atoms with van der Waals surface area (Å²) < 4.78 is 0. The van der Waals surface area contributed by atoms with Gasteiger partial charge in [-0.1, -0.05) is 13.8 Å². The van der Waals surface area contributed by atoms with Crippen molar-refractivity contribution in [2.75, 3.05) is 16.8 Å². The lowest BCUT2D eigenvalue weighted by Gasteiger charge is -2.34. The second kappa shape index (κ2) is 5.05. The Morgan fingerprint density at radius 2 is 1.77 bits per heavy atom. The van der Waals surface area contributed by atoms with Crippen molar-refractivity contribution >= 4 is 22.9 Å². The largest absolute Gasteiger partial charge is 0.346 e. The summed E-state index contributed by atoms with van der Waals surface area (Å²) in [5.41, 5.74) is 3.67. The summed E-state index contributed by atoms with van der Waals surface area (Å²) in [6.45, 7) is 9.01. The van der Waals surface area contributed by atoms with Crippen LogP contribution in [0.4, 0.5) is 22.9 Å². The lowest BCUT2D eigenvalue weighted by Crippen LogP contribution is -2.35. The Hall–Kier alpha value is -2.50. The van der Waals surface area contributed by atoms with E-state index in [1.54, 1.807) is 0 Å². The van der Waals surface area contributed by atoms with Crippen LogP contribution in [0.1, 0.15) is 25.0 Å². The summed E-state index contributed by atoms with van der Waals surface area (Å²) in [7, 11) is 0. The zero-order valence-electron chi connectivity index (χ0n) is 13.2. The normalized spacial score (nSPS) is 12.9. The first-order chi connectivity index (χ1) is 10.4. The number of nitrogens with one attached hydrogen (secondary N) is 3. The van der Waals surface area contributed by atoms with Crippen molar-refractivity contribution in [1.82, 2.24) is 9.97 Å². The molecular weight excluding hydrogens is 280 g/mol. The highest BCUT2D eigenvalue weighted by molar-refractivity contribution is 5.90. The maximum Gasteiger partial charge on any atom is 0.327 e.